The Morgan fingerprint density at radius 1 is 1.14 bits per heavy atom. The molecule has 4 rings (SSSR count). The number of alkyl halides is 3. The molecule has 0 bridgehead atoms. The lowest BCUT2D eigenvalue weighted by atomic mass is 10.0. The van der Waals surface area contributed by atoms with Gasteiger partial charge < -0.3 is 4.74 Å². The van der Waals surface area contributed by atoms with Crippen LogP contribution in [0.4, 0.5) is 13.2 Å². The molecule has 29 heavy (non-hydrogen) atoms. The van der Waals surface area contributed by atoms with Crippen LogP contribution < -0.4 is 0 Å². The lowest BCUT2D eigenvalue weighted by Crippen LogP contribution is -2.35. The minimum absolute atomic E-state index is 0.0949. The number of piperidine rings is 1. The third kappa shape index (κ3) is 4.22. The molecule has 0 atom stereocenters. The van der Waals surface area contributed by atoms with Crippen molar-refractivity contribution in [1.82, 2.24) is 40.1 Å². The average Bonchev–Trinajstić information content (AvgIpc) is 3.32. The Kier molecular flexibility index (Phi) is 5.46. The van der Waals surface area contributed by atoms with Crippen molar-refractivity contribution in [3.63, 3.8) is 0 Å². The number of nitrogens with zero attached hydrogens (tertiary/aromatic N) is 8. The minimum Gasteiger partial charge on any atom is -0.383 e. The molecule has 0 radical (unpaired) electrons. The molecule has 9 nitrogen and oxygen atoms in total. The molecular formula is C17H21F3N8O. The normalized spacial score (nSPS) is 16.7. The lowest BCUT2D eigenvalue weighted by molar-refractivity contribution is -0.137. The van der Waals surface area contributed by atoms with Gasteiger partial charge in [-0.15, -0.1) is 10.2 Å². The highest BCUT2D eigenvalue weighted by Gasteiger charge is 2.31. The molecule has 1 fully saturated rings. The zero-order valence-electron chi connectivity index (χ0n) is 15.9. The van der Waals surface area contributed by atoms with Crippen LogP contribution in [0.25, 0.3) is 11.0 Å². The van der Waals surface area contributed by atoms with Crippen LogP contribution >= 0.6 is 0 Å². The van der Waals surface area contributed by atoms with Gasteiger partial charge in [0.1, 0.15) is 5.52 Å². The number of ether oxygens (including phenoxy) is 1. The molecule has 0 aliphatic carbocycles. The first-order valence-corrected chi connectivity index (χ1v) is 9.34. The summed E-state index contributed by atoms with van der Waals surface area (Å²) in [4.78, 5) is 2.26. The van der Waals surface area contributed by atoms with Crippen LogP contribution in [0.3, 0.4) is 0 Å². The maximum absolute atomic E-state index is 12.9. The van der Waals surface area contributed by atoms with E-state index in [0.29, 0.717) is 25.2 Å². The van der Waals surface area contributed by atoms with E-state index >= 15 is 0 Å². The number of methoxy groups -OCH3 is 1. The third-order valence-electron chi connectivity index (χ3n) is 5.18. The van der Waals surface area contributed by atoms with Crippen LogP contribution in [-0.4, -0.2) is 66.9 Å². The average molecular weight is 410 g/mol. The molecule has 0 N–H and O–H groups in total. The number of hydrogen-bond acceptors (Lipinski definition) is 7. The van der Waals surface area contributed by atoms with Crippen LogP contribution in [0, 0.1) is 0 Å². The van der Waals surface area contributed by atoms with Gasteiger partial charge in [-0.1, -0.05) is 5.21 Å². The van der Waals surface area contributed by atoms with E-state index in [1.54, 1.807) is 16.5 Å². The van der Waals surface area contributed by atoms with Crippen molar-refractivity contribution >= 4 is 11.0 Å². The van der Waals surface area contributed by atoms with Gasteiger partial charge >= 0.3 is 6.18 Å². The molecule has 0 saturated carbocycles. The molecule has 1 aromatic carbocycles. The fraction of sp³-hybridized carbons (Fsp3) is 0.588. The van der Waals surface area contributed by atoms with Gasteiger partial charge in [0.15, 0.2) is 5.82 Å². The minimum atomic E-state index is -4.39. The highest BCUT2D eigenvalue weighted by Crippen LogP contribution is 2.32. The van der Waals surface area contributed by atoms with E-state index in [-0.39, 0.29) is 11.6 Å². The summed E-state index contributed by atoms with van der Waals surface area (Å²) in [7, 11) is 1.63. The van der Waals surface area contributed by atoms with Crippen LogP contribution in [0.1, 0.15) is 30.3 Å². The zero-order chi connectivity index (χ0) is 20.4. The maximum Gasteiger partial charge on any atom is 0.416 e. The second-order valence-corrected chi connectivity index (χ2v) is 7.05. The Hall–Kier alpha value is -2.60. The summed E-state index contributed by atoms with van der Waals surface area (Å²) in [6, 6.07) is 3.68. The van der Waals surface area contributed by atoms with Gasteiger partial charge in [0.2, 0.25) is 0 Å². The SMILES string of the molecule is COCCn1nnnc1CN1CCC(n2nnc3cc(C(F)(F)F)ccc32)CC1. The Balaban J connectivity index is 1.40. The second-order valence-electron chi connectivity index (χ2n) is 7.05. The summed E-state index contributed by atoms with van der Waals surface area (Å²) in [5, 5.41) is 19.9. The predicted octanol–water partition coefficient (Wildman–Crippen LogP) is 1.92. The fourth-order valence-electron chi connectivity index (χ4n) is 3.60. The van der Waals surface area contributed by atoms with Crippen molar-refractivity contribution in [2.75, 3.05) is 26.8 Å². The highest BCUT2D eigenvalue weighted by atomic mass is 19.4. The molecule has 1 aliphatic heterocycles. The van der Waals surface area contributed by atoms with Crippen molar-refractivity contribution in [3.8, 4) is 0 Å². The topological polar surface area (TPSA) is 86.8 Å². The number of rotatable bonds is 6. The molecule has 2 aromatic heterocycles. The van der Waals surface area contributed by atoms with Crippen LogP contribution in [0.2, 0.25) is 0 Å². The standard InChI is InChI=1S/C17H21F3N8O/c1-29-9-8-27-16(22-23-25-27)11-26-6-4-13(5-7-26)28-15-3-2-12(17(18,19)20)10-14(15)21-24-28/h2-3,10,13H,4-9,11H2,1H3. The van der Waals surface area contributed by atoms with Crippen molar-refractivity contribution < 1.29 is 17.9 Å². The van der Waals surface area contributed by atoms with Gasteiger partial charge in [0.25, 0.3) is 0 Å². The van der Waals surface area contributed by atoms with E-state index in [1.807, 2.05) is 0 Å². The summed E-state index contributed by atoms with van der Waals surface area (Å²) in [6.45, 7) is 3.39. The molecule has 156 valence electrons. The van der Waals surface area contributed by atoms with Crippen molar-refractivity contribution in [1.29, 1.82) is 0 Å². The molecule has 0 unspecified atom stereocenters. The Bertz CT molecular complexity index is 961. The maximum atomic E-state index is 12.9. The first kappa shape index (κ1) is 19.7. The molecule has 1 saturated heterocycles. The monoisotopic (exact) mass is 410 g/mol. The van der Waals surface area contributed by atoms with Crippen molar-refractivity contribution in [2.45, 2.75) is 38.1 Å². The Labute approximate surface area is 164 Å². The van der Waals surface area contributed by atoms with Crippen molar-refractivity contribution in [3.05, 3.63) is 29.6 Å². The summed E-state index contributed by atoms with van der Waals surface area (Å²) < 4.78 is 47.2. The van der Waals surface area contributed by atoms with Gasteiger partial charge in [-0.25, -0.2) is 9.36 Å². The number of benzene rings is 1. The molecule has 12 heteroatoms. The van der Waals surface area contributed by atoms with E-state index in [1.165, 1.54) is 6.07 Å². The first-order valence-electron chi connectivity index (χ1n) is 9.34. The number of fused-ring (bicyclic) bond motifs is 1. The predicted molar refractivity (Wildman–Crippen MR) is 95.8 cm³/mol. The van der Waals surface area contributed by atoms with Crippen molar-refractivity contribution in [2.24, 2.45) is 0 Å². The van der Waals surface area contributed by atoms with Gasteiger partial charge in [0.05, 0.1) is 36.8 Å². The van der Waals surface area contributed by atoms with Gasteiger partial charge in [-0.2, -0.15) is 13.2 Å². The fourth-order valence-corrected chi connectivity index (χ4v) is 3.60. The third-order valence-corrected chi connectivity index (χ3v) is 5.18. The summed E-state index contributed by atoms with van der Waals surface area (Å²) in [5.41, 5.74) is 0.178. The largest absolute Gasteiger partial charge is 0.416 e. The van der Waals surface area contributed by atoms with E-state index in [0.717, 1.165) is 43.9 Å². The van der Waals surface area contributed by atoms with Gasteiger partial charge in [-0.05, 0) is 41.5 Å². The number of likely N-dealkylation sites (tertiary alicyclic amines) is 1. The number of tetrazole rings is 1. The van der Waals surface area contributed by atoms with E-state index in [9.17, 15) is 13.2 Å². The zero-order valence-corrected chi connectivity index (χ0v) is 15.9. The smallest absolute Gasteiger partial charge is 0.383 e. The summed E-state index contributed by atoms with van der Waals surface area (Å²) >= 11 is 0. The number of aromatic nitrogens is 7. The molecular weight excluding hydrogens is 389 g/mol. The van der Waals surface area contributed by atoms with Crippen LogP contribution in [0.5, 0.6) is 0 Å². The Morgan fingerprint density at radius 3 is 2.66 bits per heavy atom. The second kappa shape index (κ2) is 8.03. The number of hydrogen-bond donors (Lipinski definition) is 0. The molecule has 3 heterocycles. The molecule has 1 aliphatic rings. The first-order chi connectivity index (χ1) is 14.0. The van der Waals surface area contributed by atoms with Crippen LogP contribution in [-0.2, 0) is 24.0 Å². The van der Waals surface area contributed by atoms with Gasteiger partial charge in [-0.3, -0.25) is 4.90 Å². The molecule has 3 aromatic rings. The quantitative estimate of drug-likeness (QED) is 0.614. The van der Waals surface area contributed by atoms with Crippen LogP contribution in [0.15, 0.2) is 18.2 Å². The highest BCUT2D eigenvalue weighted by molar-refractivity contribution is 5.75. The van der Waals surface area contributed by atoms with E-state index in [2.05, 4.69) is 30.7 Å². The van der Waals surface area contributed by atoms with E-state index in [4.69, 9.17) is 4.74 Å². The van der Waals surface area contributed by atoms with E-state index < -0.39 is 11.7 Å². The Morgan fingerprint density at radius 2 is 1.93 bits per heavy atom. The summed E-state index contributed by atoms with van der Waals surface area (Å²) in [5.74, 6) is 0.784. The molecule has 0 spiro atoms. The lowest BCUT2D eigenvalue weighted by Gasteiger charge is -2.31. The molecule has 0 amide bonds. The number of halogens is 3. The summed E-state index contributed by atoms with van der Waals surface area (Å²) in [6.07, 6.45) is -2.75. The van der Waals surface area contributed by atoms with Gasteiger partial charge in [0, 0.05) is 20.2 Å².